The Balaban J connectivity index is 1.71. The summed E-state index contributed by atoms with van der Waals surface area (Å²) >= 11 is 0. The van der Waals surface area contributed by atoms with Crippen LogP contribution in [-0.4, -0.2) is 35.9 Å². The van der Waals surface area contributed by atoms with Crippen molar-refractivity contribution in [3.05, 3.63) is 64.4 Å². The predicted octanol–water partition coefficient (Wildman–Crippen LogP) is 4.22. The second-order valence-corrected chi connectivity index (χ2v) is 9.97. The van der Waals surface area contributed by atoms with E-state index in [0.29, 0.717) is 0 Å². The number of amidine groups is 1. The molecule has 1 aromatic heterocycles. The van der Waals surface area contributed by atoms with Crippen molar-refractivity contribution < 1.29 is 26.7 Å². The topological polar surface area (TPSA) is 113 Å². The number of hydrogen-bond donors (Lipinski definition) is 2. The molecule has 0 radical (unpaired) electrons. The Hall–Kier alpha value is -3.67. The van der Waals surface area contributed by atoms with Crippen LogP contribution in [0.3, 0.4) is 0 Å². The quantitative estimate of drug-likeness (QED) is 0.543. The molecule has 182 valence electrons. The number of nitrogens with zero attached hydrogens (tertiary/aromatic N) is 3. The molecule has 2 aromatic carbocycles. The highest BCUT2D eigenvalue weighted by molar-refractivity contribution is 7.90. The average molecular weight is 504 g/mol. The summed E-state index contributed by atoms with van der Waals surface area (Å²) in [6.07, 6.45) is -4.19. The number of pyridine rings is 1. The maximum Gasteiger partial charge on any atom is 0.392 e. The predicted molar refractivity (Wildman–Crippen MR) is 125 cm³/mol. The summed E-state index contributed by atoms with van der Waals surface area (Å²) in [6.45, 7) is 0. The molecule has 1 atom stereocenters. The third-order valence-electron chi connectivity index (χ3n) is 6.10. The molecule has 5 rings (SSSR count). The van der Waals surface area contributed by atoms with Crippen LogP contribution in [0.4, 0.5) is 18.9 Å². The van der Waals surface area contributed by atoms with E-state index in [0.717, 1.165) is 4.68 Å². The first-order valence-corrected chi connectivity index (χ1v) is 12.2. The fraction of sp³-hybridized carbons (Fsp3) is 0.261. The van der Waals surface area contributed by atoms with E-state index in [1.165, 1.54) is 30.3 Å². The Morgan fingerprint density at radius 1 is 1.11 bits per heavy atom. The van der Waals surface area contributed by atoms with Crippen molar-refractivity contribution in [2.24, 2.45) is 15.4 Å². The summed E-state index contributed by atoms with van der Waals surface area (Å²) in [6, 6.07) is 12.1. The zero-order valence-corrected chi connectivity index (χ0v) is 18.9. The van der Waals surface area contributed by atoms with Crippen molar-refractivity contribution in [2.45, 2.75) is 36.8 Å². The van der Waals surface area contributed by atoms with Crippen molar-refractivity contribution in [1.82, 2.24) is 4.68 Å². The first kappa shape index (κ1) is 23.1. The molecule has 1 aliphatic carbocycles. The van der Waals surface area contributed by atoms with Crippen molar-refractivity contribution in [3.8, 4) is 5.75 Å². The maximum atomic E-state index is 13.5. The van der Waals surface area contributed by atoms with Crippen LogP contribution in [0.15, 0.2) is 67.7 Å². The highest BCUT2D eigenvalue weighted by Crippen LogP contribution is 2.37. The van der Waals surface area contributed by atoms with Gasteiger partial charge in [-0.15, -0.1) is 4.40 Å². The maximum absolute atomic E-state index is 13.5. The Morgan fingerprint density at radius 2 is 1.83 bits per heavy atom. The second-order valence-electron chi connectivity index (χ2n) is 8.39. The van der Waals surface area contributed by atoms with Gasteiger partial charge < -0.3 is 10.4 Å². The number of hydrogen-bond acceptors (Lipinski definition) is 6. The SMILES string of the molecule is O=c1c(C2=NS(=O)(=O)c3ccccc3N2)c(O)c2ccccc2n1/N=C1\CCCC(C(F)(F)F)C1. The van der Waals surface area contributed by atoms with Crippen molar-refractivity contribution in [2.75, 3.05) is 5.32 Å². The van der Waals surface area contributed by atoms with Crippen molar-refractivity contribution in [1.29, 1.82) is 0 Å². The van der Waals surface area contributed by atoms with E-state index >= 15 is 0 Å². The van der Waals surface area contributed by atoms with Gasteiger partial charge in [-0.2, -0.15) is 31.4 Å². The number of alkyl halides is 3. The number of halogens is 3. The third kappa shape index (κ3) is 4.07. The molecule has 2 heterocycles. The molecule has 0 amide bonds. The molecule has 12 heteroatoms. The molecular weight excluding hydrogens is 485 g/mol. The van der Waals surface area contributed by atoms with Crippen LogP contribution in [0.5, 0.6) is 5.75 Å². The Morgan fingerprint density at radius 3 is 2.60 bits per heavy atom. The van der Waals surface area contributed by atoms with Gasteiger partial charge >= 0.3 is 6.18 Å². The number of rotatable bonds is 2. The lowest BCUT2D eigenvalue weighted by molar-refractivity contribution is -0.175. The van der Waals surface area contributed by atoms with Crippen molar-refractivity contribution in [3.63, 3.8) is 0 Å². The van der Waals surface area contributed by atoms with Crippen LogP contribution >= 0.6 is 0 Å². The molecule has 2 N–H and O–H groups in total. The van der Waals surface area contributed by atoms with Gasteiger partial charge in [0.15, 0.2) is 5.84 Å². The summed E-state index contributed by atoms with van der Waals surface area (Å²) in [5, 5.41) is 18.2. The van der Waals surface area contributed by atoms with Gasteiger partial charge in [0.2, 0.25) is 0 Å². The number of nitrogens with one attached hydrogen (secondary N) is 1. The minimum Gasteiger partial charge on any atom is -0.506 e. The first-order valence-electron chi connectivity index (χ1n) is 10.8. The molecular formula is C23H19F3N4O4S. The second kappa shape index (κ2) is 8.22. The smallest absolute Gasteiger partial charge is 0.392 e. The molecule has 1 fully saturated rings. The Bertz CT molecular complexity index is 1580. The minimum atomic E-state index is -4.38. The molecule has 8 nitrogen and oxygen atoms in total. The van der Waals surface area contributed by atoms with E-state index in [9.17, 15) is 31.5 Å². The highest BCUT2D eigenvalue weighted by Gasteiger charge is 2.41. The minimum absolute atomic E-state index is 0.0169. The summed E-state index contributed by atoms with van der Waals surface area (Å²) in [5.41, 5.74) is -0.834. The summed E-state index contributed by atoms with van der Waals surface area (Å²) in [5.74, 6) is -2.47. The normalized spacial score (nSPS) is 20.8. The first-order chi connectivity index (χ1) is 16.6. The van der Waals surface area contributed by atoms with E-state index in [2.05, 4.69) is 14.8 Å². The van der Waals surface area contributed by atoms with E-state index in [-0.39, 0.29) is 52.9 Å². The van der Waals surface area contributed by atoms with Crippen LogP contribution in [0.25, 0.3) is 10.9 Å². The molecule has 3 aromatic rings. The lowest BCUT2D eigenvalue weighted by Crippen LogP contribution is -2.33. The van der Waals surface area contributed by atoms with Crippen LogP contribution in [0, 0.1) is 5.92 Å². The molecule has 0 bridgehead atoms. The van der Waals surface area contributed by atoms with E-state index in [1.807, 2.05) is 0 Å². The van der Waals surface area contributed by atoms with Crippen LogP contribution in [0.1, 0.15) is 31.2 Å². The monoisotopic (exact) mass is 504 g/mol. The van der Waals surface area contributed by atoms with Crippen LogP contribution < -0.4 is 10.9 Å². The molecule has 2 aliphatic rings. The molecule has 1 aliphatic heterocycles. The third-order valence-corrected chi connectivity index (χ3v) is 7.44. The average Bonchev–Trinajstić information content (AvgIpc) is 2.81. The van der Waals surface area contributed by atoms with Gasteiger partial charge in [-0.05, 0) is 49.9 Å². The molecule has 35 heavy (non-hydrogen) atoms. The van der Waals surface area contributed by atoms with E-state index in [1.54, 1.807) is 18.2 Å². The number of para-hydroxylation sites is 2. The zero-order chi connectivity index (χ0) is 25.0. The largest absolute Gasteiger partial charge is 0.506 e. The van der Waals surface area contributed by atoms with Gasteiger partial charge in [0, 0.05) is 11.1 Å². The Kier molecular flexibility index (Phi) is 5.42. The summed E-state index contributed by atoms with van der Waals surface area (Å²) in [7, 11) is -4.18. The number of aromatic nitrogens is 1. The van der Waals surface area contributed by atoms with Crippen LogP contribution in [-0.2, 0) is 10.0 Å². The molecule has 0 spiro atoms. The summed E-state index contributed by atoms with van der Waals surface area (Å²) < 4.78 is 70.0. The number of benzene rings is 2. The molecule has 0 saturated heterocycles. The number of sulfonamides is 1. The fourth-order valence-electron chi connectivity index (χ4n) is 4.40. The number of fused-ring (bicyclic) bond motifs is 2. The van der Waals surface area contributed by atoms with Gasteiger partial charge in [0.25, 0.3) is 15.6 Å². The fourth-order valence-corrected chi connectivity index (χ4v) is 5.52. The van der Waals surface area contributed by atoms with Gasteiger partial charge in [-0.3, -0.25) is 4.79 Å². The van der Waals surface area contributed by atoms with Gasteiger partial charge in [0.05, 0.1) is 17.1 Å². The number of aromatic hydroxyl groups is 1. The number of anilines is 1. The highest BCUT2D eigenvalue weighted by atomic mass is 32.2. The lowest BCUT2D eigenvalue weighted by atomic mass is 9.87. The molecule has 1 unspecified atom stereocenters. The van der Waals surface area contributed by atoms with Crippen LogP contribution in [0.2, 0.25) is 0 Å². The van der Waals surface area contributed by atoms with E-state index < -0.39 is 44.8 Å². The lowest BCUT2D eigenvalue weighted by Gasteiger charge is -2.25. The molecule has 1 saturated carbocycles. The van der Waals surface area contributed by atoms with Gasteiger partial charge in [0.1, 0.15) is 16.2 Å². The summed E-state index contributed by atoms with van der Waals surface area (Å²) in [4.78, 5) is 13.4. The van der Waals surface area contributed by atoms with E-state index in [4.69, 9.17) is 0 Å². The van der Waals surface area contributed by atoms with Crippen molar-refractivity contribution >= 4 is 38.2 Å². The zero-order valence-electron chi connectivity index (χ0n) is 18.1. The Labute approximate surface area is 197 Å². The van der Waals surface area contributed by atoms with Gasteiger partial charge in [-0.25, -0.2) is 0 Å². The van der Waals surface area contributed by atoms with Gasteiger partial charge in [-0.1, -0.05) is 24.3 Å². The standard InChI is InChI=1S/C23H19F3N4O4S/c24-23(25,26)13-6-5-7-14(12-13)28-30-17-10-3-1-8-15(17)20(31)19(22(30)32)21-27-16-9-2-4-11-18(16)35(33,34)29-21/h1-4,8-11,13,31H,5-7,12H2,(H,27,29)/b28-14+.